The number of alkyl halides is 1. The molecule has 10 nitrogen and oxygen atoms in total. The number of benzene rings is 1. The Balaban J connectivity index is 0.000000286. The molecule has 3 aromatic rings. The lowest BCUT2D eigenvalue weighted by molar-refractivity contribution is -0.0207. The van der Waals surface area contributed by atoms with Crippen molar-refractivity contribution in [3.05, 3.63) is 29.2 Å². The van der Waals surface area contributed by atoms with Gasteiger partial charge in [-0.25, -0.2) is 18.2 Å². The first kappa shape index (κ1) is 29.5. The van der Waals surface area contributed by atoms with E-state index in [1.807, 2.05) is 4.31 Å². The summed E-state index contributed by atoms with van der Waals surface area (Å²) in [4.78, 5) is 18.6. The minimum atomic E-state index is -0.532. The normalized spacial score (nSPS) is 27.8. The van der Waals surface area contributed by atoms with Crippen molar-refractivity contribution in [2.75, 3.05) is 57.1 Å². The van der Waals surface area contributed by atoms with E-state index in [1.54, 1.807) is 6.07 Å². The van der Waals surface area contributed by atoms with E-state index in [-0.39, 0.29) is 28.6 Å². The van der Waals surface area contributed by atoms with Crippen LogP contribution in [0.25, 0.3) is 21.7 Å². The monoisotopic (exact) mass is 660 g/mol. The summed E-state index contributed by atoms with van der Waals surface area (Å²) in [5.74, 6) is -0.303. The Labute approximate surface area is 267 Å². The predicted octanol–water partition coefficient (Wildman–Crippen LogP) is 4.47. The van der Waals surface area contributed by atoms with Crippen LogP contribution in [0.4, 0.5) is 24.1 Å². The fraction of sp³-hybridized carbons (Fsp3) is 0.567. The van der Waals surface area contributed by atoms with Gasteiger partial charge in [-0.05, 0) is 62.7 Å². The highest BCUT2D eigenvalue weighted by atomic mass is 32.2. The Bertz CT molecular complexity index is 1630. The number of rotatable bonds is 4. The number of anilines is 2. The first-order valence-electron chi connectivity index (χ1n) is 15.5. The zero-order chi connectivity index (χ0) is 30.8. The summed E-state index contributed by atoms with van der Waals surface area (Å²) in [5.41, 5.74) is 7.15. The number of aromatic nitrogens is 3. The largest absolute Gasteiger partial charge is 0.467 e. The molecule has 240 valence electrons. The summed E-state index contributed by atoms with van der Waals surface area (Å²) in [6, 6.07) is 4.28. The van der Waals surface area contributed by atoms with Gasteiger partial charge in [0.2, 0.25) is 0 Å². The molecule has 1 aromatic carbocycles. The second-order valence-electron chi connectivity index (χ2n) is 12.5. The van der Waals surface area contributed by atoms with Crippen molar-refractivity contribution < 1.29 is 22.6 Å². The van der Waals surface area contributed by atoms with Crippen LogP contribution >= 0.6 is 23.3 Å². The molecule has 9 rings (SSSR count). The average Bonchev–Trinajstić information content (AvgIpc) is 3.77. The Kier molecular flexibility index (Phi) is 7.71. The first-order valence-corrected chi connectivity index (χ1v) is 17.1. The van der Waals surface area contributed by atoms with E-state index in [0.29, 0.717) is 64.4 Å². The molecule has 4 unspecified atom stereocenters. The van der Waals surface area contributed by atoms with Crippen molar-refractivity contribution in [1.29, 1.82) is 0 Å². The van der Waals surface area contributed by atoms with Crippen LogP contribution in [0.5, 0.6) is 6.01 Å². The molecule has 45 heavy (non-hydrogen) atoms. The number of piperazine rings is 1. The third-order valence-electron chi connectivity index (χ3n) is 9.53. The molecule has 0 amide bonds. The molecule has 15 heteroatoms. The van der Waals surface area contributed by atoms with Crippen molar-refractivity contribution in [2.24, 2.45) is 0 Å². The standard InChI is InChI=1S/C23H23F2N7O2S2.C7H12FN/c1-33-23-29-17-15(25)18(13-4-5-14(24)19-16(13)28-22(26)35-19)32(12-8-34-9-12)36-20(17)21(30-23)31-6-10-2-3-11(7-31)27-10;8-6-4-7-2-1-3-9(7)5-6/h4-5,10-12,27H,2-3,6-9H2,1H3,(H2,26,28);6-7H,1-5H2. The summed E-state index contributed by atoms with van der Waals surface area (Å²) in [5, 5.41) is 3.85. The van der Waals surface area contributed by atoms with Crippen molar-refractivity contribution in [1.82, 2.24) is 29.5 Å². The number of halogens is 3. The smallest absolute Gasteiger partial charge is 0.318 e. The molecule has 0 spiro atoms. The Morgan fingerprint density at radius 1 is 1.04 bits per heavy atom. The molecule has 8 heterocycles. The summed E-state index contributed by atoms with van der Waals surface area (Å²) >= 11 is 2.44. The lowest BCUT2D eigenvalue weighted by atomic mass is 10.1. The second-order valence-corrected chi connectivity index (χ2v) is 14.5. The number of ether oxygens (including phenoxy) is 2. The van der Waals surface area contributed by atoms with Gasteiger partial charge in [-0.1, -0.05) is 11.3 Å². The van der Waals surface area contributed by atoms with Crippen LogP contribution in [0.3, 0.4) is 0 Å². The van der Waals surface area contributed by atoms with Crippen molar-refractivity contribution in [2.45, 2.75) is 67.3 Å². The van der Waals surface area contributed by atoms with E-state index in [4.69, 9.17) is 15.2 Å². The van der Waals surface area contributed by atoms with Gasteiger partial charge < -0.3 is 29.7 Å². The highest BCUT2D eigenvalue weighted by Gasteiger charge is 2.42. The van der Waals surface area contributed by atoms with Crippen LogP contribution in [0.15, 0.2) is 17.0 Å². The van der Waals surface area contributed by atoms with Crippen LogP contribution in [-0.4, -0.2) is 101 Å². The topological polar surface area (TPSA) is 105 Å². The molecule has 0 saturated carbocycles. The summed E-state index contributed by atoms with van der Waals surface area (Å²) in [6.07, 6.45) is 5.04. The molecule has 3 N–H and O–H groups in total. The zero-order valence-electron chi connectivity index (χ0n) is 24.8. The number of hydrogen-bond donors (Lipinski definition) is 2. The molecule has 4 atom stereocenters. The van der Waals surface area contributed by atoms with Gasteiger partial charge in [0.25, 0.3) is 0 Å². The van der Waals surface area contributed by atoms with Crippen molar-refractivity contribution >= 4 is 56.0 Å². The summed E-state index contributed by atoms with van der Waals surface area (Å²) < 4.78 is 56.8. The molecule has 2 bridgehead atoms. The number of thiazole rings is 1. The van der Waals surface area contributed by atoms with E-state index < -0.39 is 17.8 Å². The number of methoxy groups -OCH3 is 1. The third kappa shape index (κ3) is 5.29. The number of fused-ring (bicyclic) bond motifs is 5. The maximum absolute atomic E-state index is 16.6. The molecule has 0 radical (unpaired) electrons. The van der Waals surface area contributed by atoms with Gasteiger partial charge in [0.15, 0.2) is 16.8 Å². The number of nitrogens with one attached hydrogen (secondary N) is 1. The average molecular weight is 661 g/mol. The molecule has 6 aliphatic rings. The molecule has 5 saturated heterocycles. The number of hydrogen-bond acceptors (Lipinski definition) is 12. The number of nitrogen functional groups attached to an aromatic ring is 1. The minimum absolute atomic E-state index is 0.0749. The third-order valence-corrected chi connectivity index (χ3v) is 11.7. The molecular weight excluding hydrogens is 626 g/mol. The Morgan fingerprint density at radius 3 is 2.56 bits per heavy atom. The Morgan fingerprint density at radius 2 is 1.84 bits per heavy atom. The summed E-state index contributed by atoms with van der Waals surface area (Å²) in [7, 11) is 1.48. The van der Waals surface area contributed by atoms with Crippen molar-refractivity contribution in [3.8, 4) is 6.01 Å². The number of nitrogens with two attached hydrogens (primary N) is 1. The van der Waals surface area contributed by atoms with Crippen LogP contribution in [0.2, 0.25) is 0 Å². The van der Waals surface area contributed by atoms with Crippen LogP contribution in [0, 0.1) is 5.82 Å². The van der Waals surface area contributed by atoms with E-state index in [0.717, 1.165) is 50.2 Å². The van der Waals surface area contributed by atoms with Crippen LogP contribution in [-0.2, 0) is 4.74 Å². The summed E-state index contributed by atoms with van der Waals surface area (Å²) in [6.45, 7) is 4.32. The van der Waals surface area contributed by atoms with Crippen molar-refractivity contribution in [3.63, 3.8) is 0 Å². The maximum atomic E-state index is 16.6. The van der Waals surface area contributed by atoms with E-state index in [1.165, 1.54) is 38.0 Å². The number of nitrogens with zero attached hydrogens (tertiary/aromatic N) is 6. The molecule has 6 aliphatic heterocycles. The highest BCUT2D eigenvalue weighted by molar-refractivity contribution is 7.97. The van der Waals surface area contributed by atoms with Gasteiger partial charge in [0.1, 0.15) is 22.6 Å². The molecule has 2 aromatic heterocycles. The van der Waals surface area contributed by atoms with E-state index in [9.17, 15) is 8.78 Å². The second kappa shape index (κ2) is 11.7. The quantitative estimate of drug-likeness (QED) is 0.388. The van der Waals surface area contributed by atoms with Gasteiger partial charge in [0.05, 0.1) is 42.3 Å². The van der Waals surface area contributed by atoms with Gasteiger partial charge >= 0.3 is 6.01 Å². The highest BCUT2D eigenvalue weighted by Crippen LogP contribution is 2.51. The fourth-order valence-corrected chi connectivity index (χ4v) is 9.32. The van der Waals surface area contributed by atoms with Gasteiger partial charge in [-0.2, -0.15) is 9.97 Å². The predicted molar refractivity (Wildman–Crippen MR) is 169 cm³/mol. The van der Waals surface area contributed by atoms with Crippen LogP contribution < -0.4 is 20.7 Å². The van der Waals surface area contributed by atoms with Gasteiger partial charge in [-0.15, -0.1) is 0 Å². The fourth-order valence-electron chi connectivity index (χ4n) is 7.34. The first-order chi connectivity index (χ1) is 21.9. The Hall–Kier alpha value is -2.85. The maximum Gasteiger partial charge on any atom is 0.318 e. The molecular formula is C30H35F3N8O2S2. The van der Waals surface area contributed by atoms with Gasteiger partial charge in [-0.3, -0.25) is 4.90 Å². The zero-order valence-corrected chi connectivity index (χ0v) is 26.5. The van der Waals surface area contributed by atoms with E-state index in [2.05, 4.69) is 30.1 Å². The SMILES string of the molecule is COc1nc2c(c(N3CC4CCC(C3)N4)n1)SN(C1COC1)C(c1ccc(F)c3sc(N)nc13)=C2F.FC1CC2CCCN2C1. The molecule has 5 fully saturated rings. The minimum Gasteiger partial charge on any atom is -0.467 e. The van der Waals surface area contributed by atoms with Gasteiger partial charge in [0, 0.05) is 43.3 Å². The van der Waals surface area contributed by atoms with Crippen LogP contribution in [0.1, 0.15) is 43.4 Å². The molecule has 0 aliphatic carbocycles. The lowest BCUT2D eigenvalue weighted by Gasteiger charge is -2.42. The lowest BCUT2D eigenvalue weighted by Crippen LogP contribution is -2.52. The van der Waals surface area contributed by atoms with E-state index >= 15 is 4.39 Å².